The van der Waals surface area contributed by atoms with Gasteiger partial charge in [0.1, 0.15) is 0 Å². The van der Waals surface area contributed by atoms with E-state index in [0.29, 0.717) is 85.8 Å². The third-order valence-corrected chi connectivity index (χ3v) is 4.33. The Labute approximate surface area is 211 Å². The van der Waals surface area contributed by atoms with Gasteiger partial charge in [0.2, 0.25) is 0 Å². The van der Waals surface area contributed by atoms with E-state index in [1.165, 1.54) is 12.1 Å². The fraction of sp³-hybridized carbons (Fsp3) is 0.667. The predicted molar refractivity (Wildman–Crippen MR) is 129 cm³/mol. The lowest BCUT2D eigenvalue weighted by molar-refractivity contribution is -0.135. The van der Waals surface area contributed by atoms with Crippen molar-refractivity contribution in [3.63, 3.8) is 0 Å². The maximum absolute atomic E-state index is 14.0. The van der Waals surface area contributed by atoms with Crippen molar-refractivity contribution in [2.45, 2.75) is 13.3 Å². The Balaban J connectivity index is 1.91. The number of esters is 1. The summed E-state index contributed by atoms with van der Waals surface area (Å²) in [6, 6.07) is 3.66. The Morgan fingerprint density at radius 3 is 1.69 bits per heavy atom. The van der Waals surface area contributed by atoms with Gasteiger partial charge < -0.3 is 44.2 Å². The highest BCUT2D eigenvalue weighted by Crippen LogP contribution is 2.19. The molecule has 0 heterocycles. The lowest BCUT2D eigenvalue weighted by Gasteiger charge is -2.09. The van der Waals surface area contributed by atoms with Crippen molar-refractivity contribution in [1.82, 2.24) is 5.32 Å². The standard InChI is InChI=1S/C24H39FN2O9/c1-2-27-24(29)20-3-4-22(21(25)19-20)36-23(28)5-7-30-9-11-32-13-15-34-17-18-35-16-14-33-12-10-31-8-6-26/h3-4,19H,2,5-18,26H2,1H3,(H,27,29). The van der Waals surface area contributed by atoms with Gasteiger partial charge in [0.25, 0.3) is 5.91 Å². The van der Waals surface area contributed by atoms with Gasteiger partial charge in [0.15, 0.2) is 11.6 Å². The Bertz CT molecular complexity index is 725. The molecule has 0 saturated carbocycles. The van der Waals surface area contributed by atoms with Gasteiger partial charge in [-0.1, -0.05) is 0 Å². The summed E-state index contributed by atoms with van der Waals surface area (Å²) in [5, 5.41) is 2.56. The second kappa shape index (κ2) is 22.0. The number of benzene rings is 1. The zero-order valence-electron chi connectivity index (χ0n) is 21.0. The van der Waals surface area contributed by atoms with Crippen molar-refractivity contribution >= 4 is 11.9 Å². The van der Waals surface area contributed by atoms with Crippen molar-refractivity contribution in [3.8, 4) is 5.75 Å². The van der Waals surface area contributed by atoms with Crippen LogP contribution in [0.25, 0.3) is 0 Å². The molecule has 0 bridgehead atoms. The van der Waals surface area contributed by atoms with Crippen molar-refractivity contribution in [1.29, 1.82) is 0 Å². The van der Waals surface area contributed by atoms with Crippen molar-refractivity contribution in [2.24, 2.45) is 5.73 Å². The number of halogens is 1. The number of nitrogens with two attached hydrogens (primary N) is 1. The quantitative estimate of drug-likeness (QED) is 0.122. The first-order chi connectivity index (χ1) is 17.6. The van der Waals surface area contributed by atoms with Crippen LogP contribution in [0.4, 0.5) is 4.39 Å². The van der Waals surface area contributed by atoms with E-state index in [0.717, 1.165) is 6.07 Å². The molecule has 0 aromatic heterocycles. The average Bonchev–Trinajstić information content (AvgIpc) is 2.86. The number of amides is 1. The van der Waals surface area contributed by atoms with Crippen LogP contribution in [0.1, 0.15) is 23.7 Å². The molecule has 0 fully saturated rings. The Morgan fingerprint density at radius 2 is 1.25 bits per heavy atom. The summed E-state index contributed by atoms with van der Waals surface area (Å²) in [6.45, 7) is 7.75. The van der Waals surface area contributed by atoms with Gasteiger partial charge in [0.05, 0.1) is 85.7 Å². The Morgan fingerprint density at radius 1 is 0.778 bits per heavy atom. The molecule has 0 radical (unpaired) electrons. The second-order valence-electron chi connectivity index (χ2n) is 7.19. The summed E-state index contributed by atoms with van der Waals surface area (Å²) < 4.78 is 51.0. The van der Waals surface area contributed by atoms with Crippen molar-refractivity contribution in [3.05, 3.63) is 29.6 Å². The van der Waals surface area contributed by atoms with E-state index in [1.54, 1.807) is 6.92 Å². The van der Waals surface area contributed by atoms with Crippen LogP contribution < -0.4 is 15.8 Å². The van der Waals surface area contributed by atoms with Gasteiger partial charge in [-0.2, -0.15) is 0 Å². The minimum absolute atomic E-state index is 0.0479. The molecule has 0 aliphatic heterocycles. The molecule has 0 aliphatic rings. The molecule has 206 valence electrons. The molecule has 0 unspecified atom stereocenters. The molecule has 0 spiro atoms. The molecule has 11 nitrogen and oxygen atoms in total. The summed E-state index contributed by atoms with van der Waals surface area (Å²) in [4.78, 5) is 23.5. The van der Waals surface area contributed by atoms with Gasteiger partial charge in [-0.25, -0.2) is 4.39 Å². The molecule has 0 saturated heterocycles. The number of carbonyl (C=O) groups is 2. The van der Waals surface area contributed by atoms with Crippen LogP contribution in [-0.4, -0.2) is 104 Å². The second-order valence-corrected chi connectivity index (χ2v) is 7.19. The monoisotopic (exact) mass is 518 g/mol. The summed E-state index contributed by atoms with van der Waals surface area (Å²) in [6.07, 6.45) is -0.0479. The molecule has 3 N–H and O–H groups in total. The number of nitrogens with one attached hydrogen (secondary N) is 1. The van der Waals surface area contributed by atoms with Crippen LogP contribution in [0.3, 0.4) is 0 Å². The summed E-state index contributed by atoms with van der Waals surface area (Å²) >= 11 is 0. The summed E-state index contributed by atoms with van der Waals surface area (Å²) in [5.41, 5.74) is 5.46. The lowest BCUT2D eigenvalue weighted by Crippen LogP contribution is -2.22. The number of ether oxygens (including phenoxy) is 7. The zero-order chi connectivity index (χ0) is 26.3. The lowest BCUT2D eigenvalue weighted by atomic mass is 10.2. The van der Waals surface area contributed by atoms with Gasteiger partial charge in [-0.15, -0.1) is 0 Å². The molecular formula is C24H39FN2O9. The van der Waals surface area contributed by atoms with Gasteiger partial charge in [-0.3, -0.25) is 9.59 Å². The third kappa shape index (κ3) is 16.5. The smallest absolute Gasteiger partial charge is 0.313 e. The molecular weight excluding hydrogens is 479 g/mol. The minimum Gasteiger partial charge on any atom is -0.423 e. The van der Waals surface area contributed by atoms with Crippen LogP contribution in [0, 0.1) is 5.82 Å². The molecule has 1 amide bonds. The van der Waals surface area contributed by atoms with E-state index < -0.39 is 17.7 Å². The first-order valence-corrected chi connectivity index (χ1v) is 12.0. The van der Waals surface area contributed by atoms with Crippen molar-refractivity contribution < 1.29 is 47.1 Å². The van der Waals surface area contributed by atoms with Crippen LogP contribution in [0.5, 0.6) is 5.75 Å². The number of hydrogen-bond donors (Lipinski definition) is 2. The van der Waals surface area contributed by atoms with E-state index in [2.05, 4.69) is 5.32 Å². The largest absolute Gasteiger partial charge is 0.423 e. The highest BCUT2D eigenvalue weighted by atomic mass is 19.1. The van der Waals surface area contributed by atoms with Crippen LogP contribution in [0.15, 0.2) is 18.2 Å². The van der Waals surface area contributed by atoms with Crippen molar-refractivity contribution in [2.75, 3.05) is 92.4 Å². The average molecular weight is 519 g/mol. The molecule has 36 heavy (non-hydrogen) atoms. The van der Waals surface area contributed by atoms with E-state index in [9.17, 15) is 14.0 Å². The molecule has 12 heteroatoms. The maximum Gasteiger partial charge on any atom is 0.313 e. The summed E-state index contributed by atoms with van der Waals surface area (Å²) in [7, 11) is 0. The first-order valence-electron chi connectivity index (χ1n) is 12.0. The first kappa shape index (κ1) is 31.8. The van der Waals surface area contributed by atoms with Gasteiger partial charge >= 0.3 is 5.97 Å². The van der Waals surface area contributed by atoms with Gasteiger partial charge in [-0.05, 0) is 25.1 Å². The highest BCUT2D eigenvalue weighted by molar-refractivity contribution is 5.94. The normalized spacial score (nSPS) is 11.0. The predicted octanol–water partition coefficient (Wildman–Crippen LogP) is 0.929. The van der Waals surface area contributed by atoms with E-state index >= 15 is 0 Å². The Kier molecular flexibility index (Phi) is 19.5. The molecule has 0 aliphatic carbocycles. The number of carbonyl (C=O) groups excluding carboxylic acids is 2. The third-order valence-electron chi connectivity index (χ3n) is 4.33. The Hall–Kier alpha value is -2.19. The van der Waals surface area contributed by atoms with Gasteiger partial charge in [0, 0.05) is 18.7 Å². The van der Waals surface area contributed by atoms with E-state index in [4.69, 9.17) is 38.9 Å². The van der Waals surface area contributed by atoms with E-state index in [1.807, 2.05) is 0 Å². The van der Waals surface area contributed by atoms with E-state index in [-0.39, 0.29) is 24.3 Å². The molecule has 1 aromatic carbocycles. The fourth-order valence-electron chi connectivity index (χ4n) is 2.60. The van der Waals surface area contributed by atoms with Crippen LogP contribution in [0.2, 0.25) is 0 Å². The maximum atomic E-state index is 14.0. The topological polar surface area (TPSA) is 137 Å². The van der Waals surface area contributed by atoms with Crippen LogP contribution in [-0.2, 0) is 33.2 Å². The minimum atomic E-state index is -0.788. The fourth-order valence-corrected chi connectivity index (χ4v) is 2.60. The molecule has 1 rings (SSSR count). The SMILES string of the molecule is CCNC(=O)c1ccc(OC(=O)CCOCCOCCOCCOCCOCCOCCN)c(F)c1. The molecule has 0 atom stereocenters. The molecule has 1 aromatic rings. The highest BCUT2D eigenvalue weighted by Gasteiger charge is 2.13. The zero-order valence-corrected chi connectivity index (χ0v) is 21.0. The number of rotatable bonds is 23. The van der Waals surface area contributed by atoms with Crippen LogP contribution >= 0.6 is 0 Å². The summed E-state index contributed by atoms with van der Waals surface area (Å²) in [5.74, 6) is -2.06. The number of hydrogen-bond acceptors (Lipinski definition) is 10.